The minimum atomic E-state index is -0.723. The van der Waals surface area contributed by atoms with E-state index in [0.717, 1.165) is 6.07 Å². The summed E-state index contributed by atoms with van der Waals surface area (Å²) in [7, 11) is 1.35. The lowest BCUT2D eigenvalue weighted by molar-refractivity contribution is -0.385. The van der Waals surface area contributed by atoms with Crippen LogP contribution in [0.2, 0.25) is 10.0 Å². The highest BCUT2D eigenvalue weighted by Crippen LogP contribution is 2.36. The van der Waals surface area contributed by atoms with Crippen LogP contribution in [0.3, 0.4) is 0 Å². The van der Waals surface area contributed by atoms with Gasteiger partial charge in [-0.25, -0.2) is 0 Å². The predicted octanol–water partition coefficient (Wildman–Crippen LogP) is 4.56. The molecule has 7 nitrogen and oxygen atoms in total. The zero-order valence-corrected chi connectivity index (χ0v) is 14.9. The minimum absolute atomic E-state index is 0.138. The SMILES string of the molecule is CCOc1cc(C(=O)Nc2cccc(Cl)c2Cl)c([N+](=O)[O-])cc1OC. The molecule has 0 atom stereocenters. The van der Waals surface area contributed by atoms with Gasteiger partial charge in [0.15, 0.2) is 11.5 Å². The molecule has 1 N–H and O–H groups in total. The molecular weight excluding hydrogens is 371 g/mol. The number of methoxy groups -OCH3 is 1. The van der Waals surface area contributed by atoms with Crippen molar-refractivity contribution in [3.05, 3.63) is 56.1 Å². The maximum atomic E-state index is 12.5. The summed E-state index contributed by atoms with van der Waals surface area (Å²) in [5, 5.41) is 14.2. The van der Waals surface area contributed by atoms with Crippen molar-refractivity contribution in [1.82, 2.24) is 0 Å². The van der Waals surface area contributed by atoms with Crippen molar-refractivity contribution in [2.75, 3.05) is 19.0 Å². The molecule has 0 saturated heterocycles. The van der Waals surface area contributed by atoms with E-state index in [9.17, 15) is 14.9 Å². The number of halogens is 2. The van der Waals surface area contributed by atoms with E-state index in [1.54, 1.807) is 19.1 Å². The number of nitro groups is 1. The Morgan fingerprint density at radius 2 is 2.00 bits per heavy atom. The maximum absolute atomic E-state index is 12.5. The van der Waals surface area contributed by atoms with Crippen molar-refractivity contribution in [3.8, 4) is 11.5 Å². The molecule has 0 aliphatic carbocycles. The molecule has 0 fully saturated rings. The molecule has 0 spiro atoms. The van der Waals surface area contributed by atoms with Gasteiger partial charge >= 0.3 is 0 Å². The zero-order valence-electron chi connectivity index (χ0n) is 13.3. The molecule has 132 valence electrons. The summed E-state index contributed by atoms with van der Waals surface area (Å²) in [4.78, 5) is 23.2. The number of nitrogens with zero attached hydrogens (tertiary/aromatic N) is 1. The smallest absolute Gasteiger partial charge is 0.286 e. The Bertz CT molecular complexity index is 826. The third-order valence-corrected chi connectivity index (χ3v) is 4.04. The van der Waals surface area contributed by atoms with Crippen LogP contribution in [0, 0.1) is 10.1 Å². The van der Waals surface area contributed by atoms with Gasteiger partial charge in [-0.2, -0.15) is 0 Å². The Labute approximate surface area is 153 Å². The third-order valence-electron chi connectivity index (χ3n) is 3.22. The second-order valence-electron chi connectivity index (χ2n) is 4.77. The minimum Gasteiger partial charge on any atom is -0.493 e. The van der Waals surface area contributed by atoms with Crippen LogP contribution in [0.1, 0.15) is 17.3 Å². The lowest BCUT2D eigenvalue weighted by Gasteiger charge is -2.12. The monoisotopic (exact) mass is 384 g/mol. The molecule has 1 amide bonds. The van der Waals surface area contributed by atoms with Gasteiger partial charge in [0.1, 0.15) is 5.56 Å². The Morgan fingerprint density at radius 1 is 1.28 bits per heavy atom. The molecule has 0 bridgehead atoms. The number of carbonyl (C=O) groups is 1. The first-order valence-electron chi connectivity index (χ1n) is 7.13. The van der Waals surface area contributed by atoms with E-state index >= 15 is 0 Å². The van der Waals surface area contributed by atoms with Gasteiger partial charge in [-0.3, -0.25) is 14.9 Å². The first-order chi connectivity index (χ1) is 11.9. The number of amides is 1. The highest BCUT2D eigenvalue weighted by Gasteiger charge is 2.25. The Hall–Kier alpha value is -2.51. The fourth-order valence-electron chi connectivity index (χ4n) is 2.10. The van der Waals surface area contributed by atoms with Gasteiger partial charge < -0.3 is 14.8 Å². The van der Waals surface area contributed by atoms with Gasteiger partial charge in [0, 0.05) is 6.07 Å². The standard InChI is InChI=1S/C16H14Cl2N2O5/c1-3-25-14-7-9(12(20(22)23)8-13(14)24-2)16(21)19-11-6-4-5-10(17)15(11)18/h4-8H,3H2,1-2H3,(H,19,21). The summed E-state index contributed by atoms with van der Waals surface area (Å²) in [6, 6.07) is 7.08. The fraction of sp³-hybridized carbons (Fsp3) is 0.188. The van der Waals surface area contributed by atoms with E-state index in [2.05, 4.69) is 5.32 Å². The molecule has 0 aliphatic rings. The van der Waals surface area contributed by atoms with Crippen molar-refractivity contribution in [2.24, 2.45) is 0 Å². The molecule has 0 aromatic heterocycles. The Kier molecular flexibility index (Phi) is 6.06. The van der Waals surface area contributed by atoms with Crippen LogP contribution in [-0.4, -0.2) is 24.5 Å². The normalized spacial score (nSPS) is 10.2. The average molecular weight is 385 g/mol. The molecule has 2 aromatic rings. The third kappa shape index (κ3) is 4.12. The topological polar surface area (TPSA) is 90.7 Å². The van der Waals surface area contributed by atoms with Crippen molar-refractivity contribution < 1.29 is 19.2 Å². The van der Waals surface area contributed by atoms with E-state index in [1.807, 2.05) is 0 Å². The number of hydrogen-bond acceptors (Lipinski definition) is 5. The van der Waals surface area contributed by atoms with Crippen LogP contribution in [0.15, 0.2) is 30.3 Å². The van der Waals surface area contributed by atoms with Crippen LogP contribution in [0.25, 0.3) is 0 Å². The van der Waals surface area contributed by atoms with Crippen LogP contribution >= 0.6 is 23.2 Å². The van der Waals surface area contributed by atoms with Crippen molar-refractivity contribution >= 4 is 40.5 Å². The van der Waals surface area contributed by atoms with Gasteiger partial charge in [-0.05, 0) is 19.1 Å². The second-order valence-corrected chi connectivity index (χ2v) is 5.55. The maximum Gasteiger partial charge on any atom is 0.286 e. The number of ether oxygens (including phenoxy) is 2. The number of anilines is 1. The molecule has 2 aromatic carbocycles. The summed E-state index contributed by atoms with van der Waals surface area (Å²) in [5.41, 5.74) is -0.372. The summed E-state index contributed by atoms with van der Waals surface area (Å²) < 4.78 is 10.4. The van der Waals surface area contributed by atoms with E-state index in [-0.39, 0.29) is 32.8 Å². The van der Waals surface area contributed by atoms with E-state index in [4.69, 9.17) is 32.7 Å². The van der Waals surface area contributed by atoms with E-state index in [0.29, 0.717) is 6.61 Å². The summed E-state index contributed by atoms with van der Waals surface area (Å²) in [6.07, 6.45) is 0. The Morgan fingerprint density at radius 3 is 2.60 bits per heavy atom. The summed E-state index contributed by atoms with van der Waals surface area (Å²) >= 11 is 11.9. The van der Waals surface area contributed by atoms with Crippen LogP contribution < -0.4 is 14.8 Å². The molecular formula is C16H14Cl2N2O5. The number of rotatable bonds is 6. The summed E-state index contributed by atoms with van der Waals surface area (Å²) in [5.74, 6) is -0.344. The number of nitrogens with one attached hydrogen (secondary N) is 1. The van der Waals surface area contributed by atoms with E-state index in [1.165, 1.54) is 19.2 Å². The molecule has 0 heterocycles. The molecule has 2 rings (SSSR count). The number of carbonyl (C=O) groups excluding carboxylic acids is 1. The van der Waals surface area contributed by atoms with Crippen molar-refractivity contribution in [1.29, 1.82) is 0 Å². The van der Waals surface area contributed by atoms with Crippen LogP contribution in [-0.2, 0) is 0 Å². The molecule has 0 saturated carbocycles. The van der Waals surface area contributed by atoms with E-state index < -0.39 is 16.5 Å². The van der Waals surface area contributed by atoms with Crippen molar-refractivity contribution in [3.63, 3.8) is 0 Å². The first kappa shape index (κ1) is 18.8. The van der Waals surface area contributed by atoms with Gasteiger partial charge in [0.25, 0.3) is 11.6 Å². The van der Waals surface area contributed by atoms with Crippen LogP contribution in [0.4, 0.5) is 11.4 Å². The quantitative estimate of drug-likeness (QED) is 0.582. The van der Waals surface area contributed by atoms with Crippen LogP contribution in [0.5, 0.6) is 11.5 Å². The van der Waals surface area contributed by atoms with Gasteiger partial charge in [0.05, 0.1) is 40.4 Å². The zero-order chi connectivity index (χ0) is 18.6. The number of nitro benzene ring substituents is 1. The van der Waals surface area contributed by atoms with Gasteiger partial charge in [0.2, 0.25) is 0 Å². The highest BCUT2D eigenvalue weighted by molar-refractivity contribution is 6.44. The second kappa shape index (κ2) is 8.04. The molecule has 25 heavy (non-hydrogen) atoms. The molecule has 9 heteroatoms. The summed E-state index contributed by atoms with van der Waals surface area (Å²) in [6.45, 7) is 2.04. The lowest BCUT2D eigenvalue weighted by Crippen LogP contribution is -2.15. The number of benzene rings is 2. The Balaban J connectivity index is 2.48. The highest BCUT2D eigenvalue weighted by atomic mass is 35.5. The fourth-order valence-corrected chi connectivity index (χ4v) is 2.45. The molecule has 0 unspecified atom stereocenters. The molecule has 0 radical (unpaired) electrons. The largest absolute Gasteiger partial charge is 0.493 e. The number of hydrogen-bond donors (Lipinski definition) is 1. The first-order valence-corrected chi connectivity index (χ1v) is 7.89. The average Bonchev–Trinajstić information content (AvgIpc) is 2.58. The van der Waals surface area contributed by atoms with Gasteiger partial charge in [-0.1, -0.05) is 29.3 Å². The lowest BCUT2D eigenvalue weighted by atomic mass is 10.1. The van der Waals surface area contributed by atoms with Gasteiger partial charge in [-0.15, -0.1) is 0 Å². The predicted molar refractivity (Wildman–Crippen MR) is 95.2 cm³/mol. The van der Waals surface area contributed by atoms with Crippen molar-refractivity contribution in [2.45, 2.75) is 6.92 Å². The molecule has 0 aliphatic heterocycles.